The highest BCUT2D eigenvalue weighted by Crippen LogP contribution is 2.49. The summed E-state index contributed by atoms with van der Waals surface area (Å²) in [4.78, 5) is 4.62. The van der Waals surface area contributed by atoms with Gasteiger partial charge >= 0.3 is 0 Å². The van der Waals surface area contributed by atoms with E-state index in [2.05, 4.69) is 66.2 Å². The number of rotatable bonds is 15. The second kappa shape index (κ2) is 16.4. The van der Waals surface area contributed by atoms with Gasteiger partial charge in [-0.1, -0.05) is 97.1 Å². The first kappa shape index (κ1) is 36.4. The van der Waals surface area contributed by atoms with Crippen LogP contribution in [0, 0.1) is 11.8 Å². The van der Waals surface area contributed by atoms with Crippen LogP contribution in [0.4, 0.5) is 0 Å². The summed E-state index contributed by atoms with van der Waals surface area (Å²) in [5.41, 5.74) is 5.98. The number of aromatic nitrogens is 1. The number of nitrogens with zero attached hydrogens (tertiary/aromatic N) is 2. The number of hydrogen-bond acceptors (Lipinski definition) is 6. The number of hydrogen-bond donors (Lipinski definition) is 1. The summed E-state index contributed by atoms with van der Waals surface area (Å²) in [6.45, 7) is 7.93. The van der Waals surface area contributed by atoms with Crippen LogP contribution < -0.4 is 18.9 Å². The minimum absolute atomic E-state index is 0.0388. The lowest BCUT2D eigenvalue weighted by molar-refractivity contribution is -0.984. The fourth-order valence-electron chi connectivity index (χ4n) is 8.76. The van der Waals surface area contributed by atoms with E-state index in [1.807, 2.05) is 85.1 Å². The van der Waals surface area contributed by atoms with Crippen molar-refractivity contribution < 1.29 is 28.5 Å². The highest BCUT2D eigenvalue weighted by Gasteiger charge is 2.54. The van der Waals surface area contributed by atoms with Crippen molar-refractivity contribution in [2.75, 3.05) is 20.2 Å². The van der Waals surface area contributed by atoms with E-state index in [4.69, 9.17) is 18.9 Å². The fourth-order valence-corrected chi connectivity index (χ4v) is 8.76. The smallest absolute Gasteiger partial charge is 0.203 e. The van der Waals surface area contributed by atoms with Gasteiger partial charge in [-0.3, -0.25) is 4.98 Å². The van der Waals surface area contributed by atoms with Crippen LogP contribution in [0.1, 0.15) is 46.8 Å². The van der Waals surface area contributed by atoms with Gasteiger partial charge in [-0.25, -0.2) is 0 Å². The largest absolute Gasteiger partial charge is 0.497 e. The first-order chi connectivity index (χ1) is 27.0. The van der Waals surface area contributed by atoms with Gasteiger partial charge in [-0.15, -0.1) is 6.58 Å². The van der Waals surface area contributed by atoms with E-state index in [0.29, 0.717) is 55.4 Å². The van der Waals surface area contributed by atoms with Gasteiger partial charge in [0.1, 0.15) is 44.3 Å². The molecule has 6 aromatic rings. The lowest BCUT2D eigenvalue weighted by Crippen LogP contribution is -2.67. The zero-order valence-corrected chi connectivity index (χ0v) is 31.4. The maximum atomic E-state index is 12.5. The van der Waals surface area contributed by atoms with Crippen molar-refractivity contribution in [1.29, 1.82) is 0 Å². The number of aliphatic hydroxyl groups excluding tert-OH is 1. The van der Waals surface area contributed by atoms with Gasteiger partial charge in [-0.05, 0) is 64.6 Å². The van der Waals surface area contributed by atoms with Crippen LogP contribution >= 0.6 is 0 Å². The Hall–Kier alpha value is -5.63. The predicted octanol–water partition coefficient (Wildman–Crippen LogP) is 9.63. The SMILES string of the molecule is C=CC1C[N+]2(Cc3cc(OCc4ccccc4)c(OCc4ccccc4)c(OCc4ccccc4)c3)CCC1C[C@@H]2[C@@H](O)c1ccnc2ccc(OC)cc12. The molecule has 280 valence electrons. The maximum absolute atomic E-state index is 12.5. The van der Waals surface area contributed by atoms with Crippen LogP contribution in [-0.4, -0.2) is 40.8 Å². The molecule has 2 bridgehead atoms. The monoisotopic (exact) mass is 733 g/mol. The number of fused-ring (bicyclic) bond motifs is 4. The van der Waals surface area contributed by atoms with Crippen molar-refractivity contribution in [3.63, 3.8) is 0 Å². The average Bonchev–Trinajstić information content (AvgIpc) is 3.24. The summed E-state index contributed by atoms with van der Waals surface area (Å²) in [5.74, 6) is 3.43. The second-order valence-electron chi connectivity index (χ2n) is 15.0. The molecule has 0 aliphatic carbocycles. The molecule has 0 spiro atoms. The quantitative estimate of drug-likeness (QED) is 0.0838. The Kier molecular flexibility index (Phi) is 10.8. The van der Waals surface area contributed by atoms with Gasteiger partial charge < -0.3 is 28.5 Å². The molecule has 3 fully saturated rings. The van der Waals surface area contributed by atoms with E-state index >= 15 is 0 Å². The molecule has 1 aromatic heterocycles. The van der Waals surface area contributed by atoms with Gasteiger partial charge in [-0.2, -0.15) is 0 Å². The molecular formula is C48H49N2O5+. The van der Waals surface area contributed by atoms with E-state index in [1.54, 1.807) is 7.11 Å². The van der Waals surface area contributed by atoms with Gasteiger partial charge in [0, 0.05) is 35.9 Å². The van der Waals surface area contributed by atoms with Gasteiger partial charge in [0.15, 0.2) is 11.5 Å². The summed E-state index contributed by atoms with van der Waals surface area (Å²) < 4.78 is 26.3. The van der Waals surface area contributed by atoms with Gasteiger partial charge in [0.25, 0.3) is 0 Å². The molecule has 0 radical (unpaired) electrons. The molecule has 0 amide bonds. The molecule has 9 rings (SSSR count). The molecule has 3 saturated heterocycles. The number of piperidine rings is 3. The van der Waals surface area contributed by atoms with Crippen LogP contribution in [0.3, 0.4) is 0 Å². The topological polar surface area (TPSA) is 70.0 Å². The number of quaternary nitrogens is 1. The molecule has 5 aromatic carbocycles. The Morgan fingerprint density at radius 1 is 0.764 bits per heavy atom. The summed E-state index contributed by atoms with van der Waals surface area (Å²) in [5, 5.41) is 13.4. The summed E-state index contributed by atoms with van der Waals surface area (Å²) >= 11 is 0. The van der Waals surface area contributed by atoms with Crippen LogP contribution in [0.2, 0.25) is 0 Å². The van der Waals surface area contributed by atoms with Crippen LogP contribution in [-0.2, 0) is 26.4 Å². The van der Waals surface area contributed by atoms with E-state index in [0.717, 1.165) is 74.9 Å². The predicted molar refractivity (Wildman–Crippen MR) is 216 cm³/mol. The third kappa shape index (κ3) is 7.95. The van der Waals surface area contributed by atoms with Crippen LogP contribution in [0.5, 0.6) is 23.0 Å². The highest BCUT2D eigenvalue weighted by molar-refractivity contribution is 5.84. The van der Waals surface area contributed by atoms with E-state index in [-0.39, 0.29) is 6.04 Å². The molecule has 4 heterocycles. The number of ether oxygens (including phenoxy) is 4. The Labute approximate surface area is 324 Å². The number of methoxy groups -OCH3 is 1. The molecule has 3 unspecified atom stereocenters. The van der Waals surface area contributed by atoms with Crippen LogP contribution in [0.15, 0.2) is 146 Å². The van der Waals surface area contributed by atoms with E-state index in [9.17, 15) is 5.11 Å². The fraction of sp³-hybridized carbons (Fsp3) is 0.271. The summed E-state index contributed by atoms with van der Waals surface area (Å²) in [6.07, 6.45) is 5.22. The first-order valence-electron chi connectivity index (χ1n) is 19.3. The molecule has 7 nitrogen and oxygen atoms in total. The first-order valence-corrected chi connectivity index (χ1v) is 19.3. The van der Waals surface area contributed by atoms with Crippen molar-refractivity contribution in [3.05, 3.63) is 174 Å². The minimum atomic E-state index is -0.706. The van der Waals surface area contributed by atoms with E-state index < -0.39 is 6.10 Å². The van der Waals surface area contributed by atoms with Crippen molar-refractivity contribution >= 4 is 10.9 Å². The third-order valence-electron chi connectivity index (χ3n) is 11.6. The molecule has 5 atom stereocenters. The third-order valence-corrected chi connectivity index (χ3v) is 11.6. The molecule has 3 aliphatic heterocycles. The zero-order valence-electron chi connectivity index (χ0n) is 31.4. The Morgan fingerprint density at radius 2 is 1.36 bits per heavy atom. The summed E-state index contributed by atoms with van der Waals surface area (Å²) in [6, 6.07) is 42.6. The second-order valence-corrected chi connectivity index (χ2v) is 15.0. The zero-order chi connectivity index (χ0) is 37.6. The minimum Gasteiger partial charge on any atom is -0.497 e. The lowest BCUT2D eigenvalue weighted by Gasteiger charge is -2.58. The molecule has 7 heteroatoms. The number of aliphatic hydroxyl groups is 1. The number of benzene rings is 5. The highest BCUT2D eigenvalue weighted by atomic mass is 16.5. The molecule has 55 heavy (non-hydrogen) atoms. The average molecular weight is 734 g/mol. The van der Waals surface area contributed by atoms with Crippen LogP contribution in [0.25, 0.3) is 10.9 Å². The number of pyridine rings is 1. The van der Waals surface area contributed by atoms with Crippen molar-refractivity contribution in [2.45, 2.75) is 51.4 Å². The molecular weight excluding hydrogens is 685 g/mol. The van der Waals surface area contributed by atoms with Gasteiger partial charge in [0.2, 0.25) is 5.75 Å². The standard InChI is InChI=1S/C48H49N2O5/c1-3-38-30-50(24-22-39(38)27-44(50)47(51)41-21-23-49-43-20-19-40(52-2)28-42(41)43)29-37-25-45(53-31-34-13-7-4-8-14-34)48(55-33-36-17-11-6-12-18-36)46(26-37)54-32-35-15-9-5-10-16-35/h3-21,23,25-26,28,38-39,44,47,51H,1,22,24,27,29-33H2,2H3/q+1/t38?,39?,44-,47+,50?/m1/s1. The van der Waals surface area contributed by atoms with Gasteiger partial charge in [0.05, 0.1) is 25.7 Å². The molecule has 1 N–H and O–H groups in total. The molecule has 3 aliphatic rings. The lowest BCUT2D eigenvalue weighted by atomic mass is 9.71. The Morgan fingerprint density at radius 3 is 1.95 bits per heavy atom. The molecule has 0 saturated carbocycles. The Bertz CT molecular complexity index is 2150. The van der Waals surface area contributed by atoms with Crippen molar-refractivity contribution in [3.8, 4) is 23.0 Å². The maximum Gasteiger partial charge on any atom is 0.203 e. The van der Waals surface area contributed by atoms with E-state index in [1.165, 1.54) is 0 Å². The summed E-state index contributed by atoms with van der Waals surface area (Å²) in [7, 11) is 1.67. The van der Waals surface area contributed by atoms with Crippen molar-refractivity contribution in [1.82, 2.24) is 4.98 Å². The van der Waals surface area contributed by atoms with Crippen molar-refractivity contribution in [2.24, 2.45) is 11.8 Å². The normalized spacial score (nSPS) is 20.8. The Balaban J connectivity index is 1.19.